The van der Waals surface area contributed by atoms with Gasteiger partial charge >= 0.3 is 0 Å². The fraction of sp³-hybridized carbons (Fsp3) is 0.158. The van der Waals surface area contributed by atoms with Crippen LogP contribution in [0.4, 0.5) is 0 Å². The number of hydrogen-bond donors (Lipinski definition) is 0. The van der Waals surface area contributed by atoms with Crippen LogP contribution in [0.5, 0.6) is 0 Å². The number of thioether (sulfide) groups is 1. The molecule has 2 aromatic carbocycles. The van der Waals surface area contributed by atoms with Crippen molar-refractivity contribution in [1.82, 2.24) is 0 Å². The first-order valence-corrected chi connectivity index (χ1v) is 8.32. The van der Waals surface area contributed by atoms with E-state index in [-0.39, 0.29) is 0 Å². The summed E-state index contributed by atoms with van der Waals surface area (Å²) in [6.45, 7) is 1.11. The normalized spacial score (nSPS) is 14.0. The molecule has 0 aliphatic carbocycles. The molecule has 0 bridgehead atoms. The van der Waals surface area contributed by atoms with Gasteiger partial charge in [0.15, 0.2) is 11.5 Å². The van der Waals surface area contributed by atoms with E-state index in [2.05, 4.69) is 30.3 Å². The van der Waals surface area contributed by atoms with Crippen LogP contribution in [0.25, 0.3) is 0 Å². The molecule has 0 unspecified atom stereocenters. The Morgan fingerprint density at radius 1 is 0.727 bits per heavy atom. The van der Waals surface area contributed by atoms with E-state index in [1.165, 1.54) is 0 Å². The third kappa shape index (κ3) is 4.18. The maximum absolute atomic E-state index is 5.92. The van der Waals surface area contributed by atoms with Crippen LogP contribution in [-0.2, 0) is 22.7 Å². The standard InChI is InChI=1S/C19H18O2S/c1-3-7-16(8-4-1)13-20-18-11-12-22-15-19(18)21-14-17-9-5-2-6-10-17/h1-11,15H,12-14H2. The molecule has 0 saturated carbocycles. The lowest BCUT2D eigenvalue weighted by atomic mass is 10.2. The first-order chi connectivity index (χ1) is 10.9. The van der Waals surface area contributed by atoms with Crippen LogP contribution >= 0.6 is 11.8 Å². The zero-order valence-corrected chi connectivity index (χ0v) is 13.1. The second kappa shape index (κ2) is 7.76. The van der Waals surface area contributed by atoms with Gasteiger partial charge in [0.05, 0.1) is 0 Å². The molecular weight excluding hydrogens is 292 g/mol. The largest absolute Gasteiger partial charge is 0.485 e. The molecule has 0 radical (unpaired) electrons. The summed E-state index contributed by atoms with van der Waals surface area (Å²) < 4.78 is 11.8. The van der Waals surface area contributed by atoms with Crippen molar-refractivity contribution in [3.05, 3.63) is 94.8 Å². The van der Waals surface area contributed by atoms with Gasteiger partial charge in [0.25, 0.3) is 0 Å². The van der Waals surface area contributed by atoms with Gasteiger partial charge in [0.1, 0.15) is 13.2 Å². The molecule has 3 rings (SSSR count). The van der Waals surface area contributed by atoms with Gasteiger partial charge in [-0.15, -0.1) is 11.8 Å². The predicted molar refractivity (Wildman–Crippen MR) is 91.1 cm³/mol. The Hall–Kier alpha value is -2.13. The van der Waals surface area contributed by atoms with Crippen LogP contribution in [-0.4, -0.2) is 5.75 Å². The molecule has 0 spiro atoms. The molecule has 22 heavy (non-hydrogen) atoms. The van der Waals surface area contributed by atoms with Gasteiger partial charge in [-0.2, -0.15) is 0 Å². The van der Waals surface area contributed by atoms with Crippen LogP contribution in [0, 0.1) is 0 Å². The van der Waals surface area contributed by atoms with Crippen molar-refractivity contribution in [3.63, 3.8) is 0 Å². The Bertz CT molecular complexity index is 588. The highest BCUT2D eigenvalue weighted by Gasteiger charge is 2.12. The van der Waals surface area contributed by atoms with Crippen molar-refractivity contribution >= 4 is 11.8 Å². The number of hydrogen-bond acceptors (Lipinski definition) is 3. The Kier molecular flexibility index (Phi) is 5.22. The van der Waals surface area contributed by atoms with E-state index in [1.54, 1.807) is 11.8 Å². The third-order valence-corrected chi connectivity index (χ3v) is 4.01. The van der Waals surface area contributed by atoms with Crippen LogP contribution in [0.2, 0.25) is 0 Å². The van der Waals surface area contributed by atoms with E-state index in [0.29, 0.717) is 13.2 Å². The van der Waals surface area contributed by atoms with Crippen LogP contribution in [0.1, 0.15) is 11.1 Å². The smallest absolute Gasteiger partial charge is 0.167 e. The van der Waals surface area contributed by atoms with Crippen molar-refractivity contribution in [2.24, 2.45) is 0 Å². The molecule has 1 aliphatic heterocycles. The maximum Gasteiger partial charge on any atom is 0.167 e. The van der Waals surface area contributed by atoms with Gasteiger partial charge in [-0.05, 0) is 17.2 Å². The molecule has 0 N–H and O–H groups in total. The highest BCUT2D eigenvalue weighted by molar-refractivity contribution is 8.02. The average molecular weight is 310 g/mol. The topological polar surface area (TPSA) is 18.5 Å². The SMILES string of the molecule is C1=C(OCc2ccccc2)C(OCc2ccccc2)=CSC1. The fourth-order valence-electron chi connectivity index (χ4n) is 2.11. The van der Waals surface area contributed by atoms with Crippen molar-refractivity contribution in [1.29, 1.82) is 0 Å². The van der Waals surface area contributed by atoms with Gasteiger partial charge < -0.3 is 9.47 Å². The molecule has 112 valence electrons. The van der Waals surface area contributed by atoms with Gasteiger partial charge in [0, 0.05) is 11.2 Å². The number of benzene rings is 2. The summed E-state index contributed by atoms with van der Waals surface area (Å²) in [6, 6.07) is 20.3. The summed E-state index contributed by atoms with van der Waals surface area (Å²) >= 11 is 1.72. The summed E-state index contributed by atoms with van der Waals surface area (Å²) in [6.07, 6.45) is 2.08. The summed E-state index contributed by atoms with van der Waals surface area (Å²) in [5, 5.41) is 2.03. The molecular formula is C19H18O2S. The third-order valence-electron chi connectivity index (χ3n) is 3.27. The van der Waals surface area contributed by atoms with E-state index < -0.39 is 0 Å². The van der Waals surface area contributed by atoms with Crippen molar-refractivity contribution in [3.8, 4) is 0 Å². The molecule has 0 fully saturated rings. The molecule has 2 nitrogen and oxygen atoms in total. The second-order valence-corrected chi connectivity index (χ2v) is 5.83. The van der Waals surface area contributed by atoms with Gasteiger partial charge in [0.2, 0.25) is 0 Å². The Balaban J connectivity index is 1.58. The molecule has 1 aliphatic rings. The maximum atomic E-state index is 5.92. The average Bonchev–Trinajstić information content (AvgIpc) is 2.61. The summed E-state index contributed by atoms with van der Waals surface area (Å²) in [5.74, 6) is 2.57. The van der Waals surface area contributed by atoms with Crippen molar-refractivity contribution in [2.45, 2.75) is 13.2 Å². The molecule has 1 heterocycles. The number of ether oxygens (including phenoxy) is 2. The Labute approximate surface area is 135 Å². The second-order valence-electron chi connectivity index (χ2n) is 4.93. The molecule has 0 atom stereocenters. The van der Waals surface area contributed by atoms with Crippen molar-refractivity contribution < 1.29 is 9.47 Å². The summed E-state index contributed by atoms with van der Waals surface area (Å²) in [4.78, 5) is 0. The van der Waals surface area contributed by atoms with E-state index in [4.69, 9.17) is 9.47 Å². The zero-order valence-electron chi connectivity index (χ0n) is 12.3. The monoisotopic (exact) mass is 310 g/mol. The van der Waals surface area contributed by atoms with Gasteiger partial charge in [-0.3, -0.25) is 0 Å². The van der Waals surface area contributed by atoms with E-state index >= 15 is 0 Å². The molecule has 0 aromatic heterocycles. The summed E-state index contributed by atoms with van der Waals surface area (Å²) in [5.41, 5.74) is 2.31. The minimum absolute atomic E-state index is 0.555. The lowest BCUT2D eigenvalue weighted by Gasteiger charge is -2.18. The minimum Gasteiger partial charge on any atom is -0.485 e. The molecule has 0 saturated heterocycles. The Morgan fingerprint density at radius 3 is 1.86 bits per heavy atom. The van der Waals surface area contributed by atoms with E-state index in [1.807, 2.05) is 41.8 Å². The fourth-order valence-corrected chi connectivity index (χ4v) is 2.79. The molecule has 0 amide bonds. The predicted octanol–water partition coefficient (Wildman–Crippen LogP) is 4.89. The molecule has 2 aromatic rings. The Morgan fingerprint density at radius 2 is 1.27 bits per heavy atom. The molecule has 3 heteroatoms. The van der Waals surface area contributed by atoms with E-state index in [0.717, 1.165) is 28.4 Å². The quantitative estimate of drug-likeness (QED) is 0.756. The minimum atomic E-state index is 0.555. The lowest BCUT2D eigenvalue weighted by Crippen LogP contribution is -2.04. The number of rotatable bonds is 6. The highest BCUT2D eigenvalue weighted by Crippen LogP contribution is 2.25. The lowest BCUT2D eigenvalue weighted by molar-refractivity contribution is 0.136. The zero-order chi connectivity index (χ0) is 15.0. The van der Waals surface area contributed by atoms with E-state index in [9.17, 15) is 0 Å². The first-order valence-electron chi connectivity index (χ1n) is 7.27. The summed E-state index contributed by atoms with van der Waals surface area (Å²) in [7, 11) is 0. The van der Waals surface area contributed by atoms with Gasteiger partial charge in [-0.1, -0.05) is 60.7 Å². The van der Waals surface area contributed by atoms with Crippen molar-refractivity contribution in [2.75, 3.05) is 5.75 Å². The van der Waals surface area contributed by atoms with Crippen LogP contribution in [0.3, 0.4) is 0 Å². The first kappa shape index (κ1) is 14.8. The van der Waals surface area contributed by atoms with Crippen LogP contribution in [0.15, 0.2) is 83.7 Å². The van der Waals surface area contributed by atoms with Gasteiger partial charge in [-0.25, -0.2) is 0 Å². The highest BCUT2D eigenvalue weighted by atomic mass is 32.2. The van der Waals surface area contributed by atoms with Crippen LogP contribution < -0.4 is 0 Å².